The average Bonchev–Trinajstić information content (AvgIpc) is 2.42. The molecular weight excluding hydrogens is 184 g/mol. The third-order valence-electron chi connectivity index (χ3n) is 3.44. The average molecular weight is 212 g/mol. The SMILES string of the molecule is CCCNC(C)CN1CCCCCC1C. The lowest BCUT2D eigenvalue weighted by atomic mass is 10.1. The maximum absolute atomic E-state index is 3.58. The second kappa shape index (κ2) is 7.24. The second-order valence-corrected chi connectivity index (χ2v) is 5.05. The van der Waals surface area contributed by atoms with E-state index in [2.05, 4.69) is 31.0 Å². The van der Waals surface area contributed by atoms with Crippen molar-refractivity contribution < 1.29 is 0 Å². The summed E-state index contributed by atoms with van der Waals surface area (Å²) in [5, 5.41) is 3.58. The lowest BCUT2D eigenvalue weighted by molar-refractivity contribution is 0.194. The van der Waals surface area contributed by atoms with Gasteiger partial charge in [-0.25, -0.2) is 0 Å². The number of nitrogens with zero attached hydrogens (tertiary/aromatic N) is 1. The topological polar surface area (TPSA) is 15.3 Å². The van der Waals surface area contributed by atoms with E-state index in [1.54, 1.807) is 0 Å². The number of hydrogen-bond acceptors (Lipinski definition) is 2. The van der Waals surface area contributed by atoms with Crippen molar-refractivity contribution in [3.8, 4) is 0 Å². The van der Waals surface area contributed by atoms with Crippen molar-refractivity contribution in [3.05, 3.63) is 0 Å². The van der Waals surface area contributed by atoms with Crippen LogP contribution in [0.4, 0.5) is 0 Å². The highest BCUT2D eigenvalue weighted by Crippen LogP contribution is 2.16. The monoisotopic (exact) mass is 212 g/mol. The van der Waals surface area contributed by atoms with Gasteiger partial charge in [-0.2, -0.15) is 0 Å². The molecule has 1 saturated heterocycles. The molecule has 2 nitrogen and oxygen atoms in total. The summed E-state index contributed by atoms with van der Waals surface area (Å²) in [6.07, 6.45) is 6.87. The van der Waals surface area contributed by atoms with Gasteiger partial charge in [0.15, 0.2) is 0 Å². The van der Waals surface area contributed by atoms with Crippen LogP contribution in [0.3, 0.4) is 0 Å². The van der Waals surface area contributed by atoms with E-state index in [4.69, 9.17) is 0 Å². The van der Waals surface area contributed by atoms with Gasteiger partial charge in [0.1, 0.15) is 0 Å². The van der Waals surface area contributed by atoms with Gasteiger partial charge >= 0.3 is 0 Å². The molecule has 15 heavy (non-hydrogen) atoms. The van der Waals surface area contributed by atoms with Gasteiger partial charge in [-0.3, -0.25) is 4.90 Å². The van der Waals surface area contributed by atoms with Gasteiger partial charge in [0.05, 0.1) is 0 Å². The molecule has 0 aromatic heterocycles. The first-order valence-corrected chi connectivity index (χ1v) is 6.71. The highest BCUT2D eigenvalue weighted by Gasteiger charge is 2.18. The third-order valence-corrected chi connectivity index (χ3v) is 3.44. The zero-order valence-electron chi connectivity index (χ0n) is 10.8. The van der Waals surface area contributed by atoms with E-state index in [-0.39, 0.29) is 0 Å². The summed E-state index contributed by atoms with van der Waals surface area (Å²) in [6, 6.07) is 1.43. The molecule has 1 fully saturated rings. The van der Waals surface area contributed by atoms with E-state index in [0.29, 0.717) is 6.04 Å². The van der Waals surface area contributed by atoms with Gasteiger partial charge in [-0.1, -0.05) is 19.8 Å². The standard InChI is InChI=1S/C13H28N2/c1-4-9-14-12(2)11-15-10-7-5-6-8-13(15)3/h12-14H,4-11H2,1-3H3. The molecule has 1 aliphatic rings. The second-order valence-electron chi connectivity index (χ2n) is 5.05. The molecule has 90 valence electrons. The van der Waals surface area contributed by atoms with Gasteiger partial charge in [-0.15, -0.1) is 0 Å². The quantitative estimate of drug-likeness (QED) is 0.753. The highest BCUT2D eigenvalue weighted by molar-refractivity contribution is 4.75. The molecule has 0 radical (unpaired) electrons. The molecule has 1 heterocycles. The summed E-state index contributed by atoms with van der Waals surface area (Å²) < 4.78 is 0. The first-order valence-electron chi connectivity index (χ1n) is 6.71. The molecule has 1 N–H and O–H groups in total. The smallest absolute Gasteiger partial charge is 0.0166 e. The van der Waals surface area contributed by atoms with Crippen molar-refractivity contribution in [3.63, 3.8) is 0 Å². The molecule has 1 aliphatic heterocycles. The highest BCUT2D eigenvalue weighted by atomic mass is 15.2. The van der Waals surface area contributed by atoms with Gasteiger partial charge in [-0.05, 0) is 46.2 Å². The molecule has 0 bridgehead atoms. The number of rotatable bonds is 5. The van der Waals surface area contributed by atoms with E-state index in [0.717, 1.165) is 12.6 Å². The van der Waals surface area contributed by atoms with Crippen LogP contribution in [0.5, 0.6) is 0 Å². The molecule has 0 aromatic carbocycles. The molecule has 2 atom stereocenters. The number of likely N-dealkylation sites (tertiary alicyclic amines) is 1. The Morgan fingerprint density at radius 1 is 1.33 bits per heavy atom. The summed E-state index contributed by atoms with van der Waals surface area (Å²) in [7, 11) is 0. The van der Waals surface area contributed by atoms with Crippen LogP contribution in [0.1, 0.15) is 52.9 Å². The summed E-state index contributed by atoms with van der Waals surface area (Å²) in [6.45, 7) is 10.6. The van der Waals surface area contributed by atoms with Crippen molar-refractivity contribution in [2.45, 2.75) is 65.0 Å². The Morgan fingerprint density at radius 3 is 2.87 bits per heavy atom. The van der Waals surface area contributed by atoms with Gasteiger partial charge in [0.25, 0.3) is 0 Å². The molecule has 2 unspecified atom stereocenters. The van der Waals surface area contributed by atoms with Crippen molar-refractivity contribution >= 4 is 0 Å². The summed E-state index contributed by atoms with van der Waals surface area (Å²) in [5.74, 6) is 0. The minimum atomic E-state index is 0.644. The predicted octanol–water partition coefficient (Wildman–Crippen LogP) is 2.64. The van der Waals surface area contributed by atoms with Gasteiger partial charge in [0, 0.05) is 18.6 Å². The first kappa shape index (κ1) is 13.0. The molecule has 1 rings (SSSR count). The maximum atomic E-state index is 3.58. The van der Waals surface area contributed by atoms with E-state index in [1.807, 2.05) is 0 Å². The van der Waals surface area contributed by atoms with Crippen molar-refractivity contribution in [1.29, 1.82) is 0 Å². The minimum absolute atomic E-state index is 0.644. The lowest BCUT2D eigenvalue weighted by Gasteiger charge is -2.30. The van der Waals surface area contributed by atoms with E-state index in [1.165, 1.54) is 45.2 Å². The van der Waals surface area contributed by atoms with Gasteiger partial charge < -0.3 is 5.32 Å². The third kappa shape index (κ3) is 4.98. The van der Waals surface area contributed by atoms with Crippen LogP contribution in [-0.2, 0) is 0 Å². The fraction of sp³-hybridized carbons (Fsp3) is 1.00. The Morgan fingerprint density at radius 2 is 2.13 bits per heavy atom. The van der Waals surface area contributed by atoms with Crippen molar-refractivity contribution in [2.24, 2.45) is 0 Å². The van der Waals surface area contributed by atoms with E-state index < -0.39 is 0 Å². The fourth-order valence-corrected chi connectivity index (χ4v) is 2.41. The van der Waals surface area contributed by atoms with E-state index >= 15 is 0 Å². The minimum Gasteiger partial charge on any atom is -0.313 e. The Hall–Kier alpha value is -0.0800. The Labute approximate surface area is 95.4 Å². The van der Waals surface area contributed by atoms with Crippen molar-refractivity contribution in [2.75, 3.05) is 19.6 Å². The van der Waals surface area contributed by atoms with Crippen LogP contribution in [0.25, 0.3) is 0 Å². The maximum Gasteiger partial charge on any atom is 0.0166 e. The summed E-state index contributed by atoms with van der Waals surface area (Å²) in [4.78, 5) is 2.67. The van der Waals surface area contributed by atoms with Crippen LogP contribution in [0.15, 0.2) is 0 Å². The predicted molar refractivity (Wildman–Crippen MR) is 67.3 cm³/mol. The summed E-state index contributed by atoms with van der Waals surface area (Å²) in [5.41, 5.74) is 0. The zero-order chi connectivity index (χ0) is 11.1. The van der Waals surface area contributed by atoms with E-state index in [9.17, 15) is 0 Å². The Kier molecular flexibility index (Phi) is 6.26. The normalized spacial score (nSPS) is 26.2. The zero-order valence-corrected chi connectivity index (χ0v) is 10.8. The molecule has 0 aliphatic carbocycles. The lowest BCUT2D eigenvalue weighted by Crippen LogP contribution is -2.43. The molecule has 0 aromatic rings. The van der Waals surface area contributed by atoms with Gasteiger partial charge in [0.2, 0.25) is 0 Å². The van der Waals surface area contributed by atoms with Crippen molar-refractivity contribution in [1.82, 2.24) is 10.2 Å². The summed E-state index contributed by atoms with van der Waals surface area (Å²) >= 11 is 0. The Bertz CT molecular complexity index is 159. The fourth-order valence-electron chi connectivity index (χ4n) is 2.41. The van der Waals surface area contributed by atoms with Crippen LogP contribution in [-0.4, -0.2) is 36.6 Å². The van der Waals surface area contributed by atoms with Crippen LogP contribution >= 0.6 is 0 Å². The van der Waals surface area contributed by atoms with Crippen LogP contribution < -0.4 is 5.32 Å². The number of hydrogen-bond donors (Lipinski definition) is 1. The largest absolute Gasteiger partial charge is 0.313 e. The van der Waals surface area contributed by atoms with Crippen LogP contribution in [0, 0.1) is 0 Å². The van der Waals surface area contributed by atoms with Crippen LogP contribution in [0.2, 0.25) is 0 Å². The molecule has 2 heteroatoms. The molecular formula is C13H28N2. The molecule has 0 saturated carbocycles. The Balaban J connectivity index is 2.27. The molecule has 0 amide bonds. The first-order chi connectivity index (χ1) is 7.24. The molecule has 0 spiro atoms. The number of nitrogens with one attached hydrogen (secondary N) is 1.